The van der Waals surface area contributed by atoms with Crippen LogP contribution in [0.4, 0.5) is 4.39 Å². The van der Waals surface area contributed by atoms with Crippen molar-refractivity contribution >= 4 is 10.0 Å². The fourth-order valence-corrected chi connectivity index (χ4v) is 4.96. The molecule has 6 heteroatoms. The van der Waals surface area contributed by atoms with E-state index in [2.05, 4.69) is 11.8 Å². The summed E-state index contributed by atoms with van der Waals surface area (Å²) >= 11 is 0. The Morgan fingerprint density at radius 3 is 2.76 bits per heavy atom. The molecule has 0 amide bonds. The zero-order valence-corrected chi connectivity index (χ0v) is 12.2. The average Bonchev–Trinajstić information content (AvgIpc) is 3.09. The lowest BCUT2D eigenvalue weighted by atomic mass is 10.1. The molecule has 1 aromatic rings. The fourth-order valence-electron chi connectivity index (χ4n) is 3.20. The van der Waals surface area contributed by atoms with Crippen molar-refractivity contribution < 1.29 is 17.9 Å². The van der Waals surface area contributed by atoms with Gasteiger partial charge in [-0.25, -0.2) is 12.8 Å². The second kappa shape index (κ2) is 5.41. The van der Waals surface area contributed by atoms with Crippen molar-refractivity contribution in [3.8, 4) is 11.8 Å². The number of hydrogen-bond acceptors (Lipinski definition) is 3. The molecule has 1 saturated heterocycles. The van der Waals surface area contributed by atoms with Crippen LogP contribution >= 0.6 is 0 Å². The molecule has 112 valence electrons. The first kappa shape index (κ1) is 14.5. The Morgan fingerprint density at radius 2 is 2.19 bits per heavy atom. The summed E-state index contributed by atoms with van der Waals surface area (Å²) in [4.78, 5) is -0.0258. The summed E-state index contributed by atoms with van der Waals surface area (Å²) in [6.07, 6.45) is 2.90. The van der Waals surface area contributed by atoms with Crippen LogP contribution in [0.2, 0.25) is 0 Å². The Bertz CT molecular complexity index is 720. The van der Waals surface area contributed by atoms with E-state index in [-0.39, 0.29) is 23.1 Å². The molecule has 1 aromatic carbocycles. The first-order chi connectivity index (χ1) is 10.0. The highest BCUT2D eigenvalue weighted by atomic mass is 32.2. The summed E-state index contributed by atoms with van der Waals surface area (Å²) < 4.78 is 40.6. The average molecular weight is 309 g/mol. The standard InChI is InChI=1S/C15H16FNO3S/c16-15-9-14(6-4-12(15)2-1-7-18)21(19,20)17-10-11-3-5-13(17)8-11/h4,6,9,11,13,18H,3,5,7-8,10H2. The Labute approximate surface area is 123 Å². The van der Waals surface area contributed by atoms with E-state index in [0.29, 0.717) is 12.5 Å². The van der Waals surface area contributed by atoms with Gasteiger partial charge >= 0.3 is 0 Å². The maximum absolute atomic E-state index is 13.9. The predicted octanol–water partition coefficient (Wildman–Crippen LogP) is 1.34. The number of rotatable bonds is 2. The Hall–Kier alpha value is -1.42. The van der Waals surface area contributed by atoms with E-state index in [0.717, 1.165) is 25.3 Å². The quantitative estimate of drug-likeness (QED) is 0.839. The molecule has 1 aliphatic carbocycles. The number of aliphatic hydroxyl groups excluding tert-OH is 1. The van der Waals surface area contributed by atoms with E-state index < -0.39 is 15.8 Å². The first-order valence-corrected chi connectivity index (χ1v) is 8.37. The highest BCUT2D eigenvalue weighted by Gasteiger charge is 2.44. The number of hydrogen-bond donors (Lipinski definition) is 1. The van der Waals surface area contributed by atoms with Crippen LogP contribution in [0.25, 0.3) is 0 Å². The summed E-state index contributed by atoms with van der Waals surface area (Å²) in [5, 5.41) is 8.61. The highest BCUT2D eigenvalue weighted by molar-refractivity contribution is 7.89. The lowest BCUT2D eigenvalue weighted by Crippen LogP contribution is -2.37. The van der Waals surface area contributed by atoms with E-state index >= 15 is 0 Å². The Kier molecular flexibility index (Phi) is 3.74. The van der Waals surface area contributed by atoms with Crippen LogP contribution < -0.4 is 0 Å². The molecule has 1 heterocycles. The van der Waals surface area contributed by atoms with Gasteiger partial charge in [-0.1, -0.05) is 11.8 Å². The SMILES string of the molecule is O=S(=O)(c1ccc(C#CCO)c(F)c1)N1CC2CCC1C2. The third-order valence-electron chi connectivity index (χ3n) is 4.21. The topological polar surface area (TPSA) is 57.6 Å². The molecule has 21 heavy (non-hydrogen) atoms. The number of piperidine rings is 1. The monoisotopic (exact) mass is 309 g/mol. The number of aliphatic hydroxyl groups is 1. The summed E-state index contributed by atoms with van der Waals surface area (Å²) in [6, 6.07) is 3.81. The number of halogens is 1. The smallest absolute Gasteiger partial charge is 0.243 e. The zero-order chi connectivity index (χ0) is 15.0. The van der Waals surface area contributed by atoms with Gasteiger partial charge in [0.2, 0.25) is 10.0 Å². The van der Waals surface area contributed by atoms with Gasteiger partial charge in [-0.3, -0.25) is 0 Å². The zero-order valence-electron chi connectivity index (χ0n) is 11.4. The van der Waals surface area contributed by atoms with Gasteiger partial charge < -0.3 is 5.11 Å². The lowest BCUT2D eigenvalue weighted by molar-refractivity contribution is 0.333. The summed E-state index contributed by atoms with van der Waals surface area (Å²) in [6.45, 7) is 0.178. The van der Waals surface area contributed by atoms with Crippen LogP contribution in [-0.2, 0) is 10.0 Å². The molecule has 0 spiro atoms. The summed E-state index contributed by atoms with van der Waals surface area (Å²) in [7, 11) is -3.63. The number of fused-ring (bicyclic) bond motifs is 2. The summed E-state index contributed by atoms with van der Waals surface area (Å²) in [5.74, 6) is 4.57. The molecule has 4 nitrogen and oxygen atoms in total. The molecule has 2 fully saturated rings. The predicted molar refractivity (Wildman–Crippen MR) is 75.4 cm³/mol. The van der Waals surface area contributed by atoms with Gasteiger partial charge in [-0.2, -0.15) is 4.31 Å². The van der Waals surface area contributed by atoms with Crippen LogP contribution in [0.5, 0.6) is 0 Å². The van der Waals surface area contributed by atoms with E-state index in [1.54, 1.807) is 0 Å². The maximum atomic E-state index is 13.9. The normalized spacial score (nSPS) is 24.9. The number of nitrogens with zero attached hydrogens (tertiary/aromatic N) is 1. The molecule has 0 radical (unpaired) electrons. The number of benzene rings is 1. The van der Waals surface area contributed by atoms with E-state index in [1.807, 2.05) is 0 Å². The molecule has 1 saturated carbocycles. The molecular formula is C15H16FNO3S. The van der Waals surface area contributed by atoms with Crippen molar-refractivity contribution in [2.45, 2.75) is 30.2 Å². The van der Waals surface area contributed by atoms with Crippen LogP contribution in [0.3, 0.4) is 0 Å². The van der Waals surface area contributed by atoms with Crippen molar-refractivity contribution in [1.29, 1.82) is 0 Å². The molecule has 0 aromatic heterocycles. The third-order valence-corrected chi connectivity index (χ3v) is 6.12. The van der Waals surface area contributed by atoms with Gasteiger partial charge in [0, 0.05) is 12.6 Å². The third kappa shape index (κ3) is 2.57. The van der Waals surface area contributed by atoms with Gasteiger partial charge in [0.25, 0.3) is 0 Å². The van der Waals surface area contributed by atoms with E-state index in [4.69, 9.17) is 5.11 Å². The first-order valence-electron chi connectivity index (χ1n) is 6.93. The Balaban J connectivity index is 1.91. The molecule has 2 unspecified atom stereocenters. The molecular weight excluding hydrogens is 293 g/mol. The molecule has 2 aliphatic rings. The Morgan fingerprint density at radius 1 is 1.38 bits per heavy atom. The molecule has 2 atom stereocenters. The summed E-state index contributed by atoms with van der Waals surface area (Å²) in [5.41, 5.74) is 0.0888. The molecule has 2 bridgehead atoms. The van der Waals surface area contributed by atoms with Crippen molar-refractivity contribution in [3.05, 3.63) is 29.6 Å². The van der Waals surface area contributed by atoms with Crippen molar-refractivity contribution in [2.75, 3.05) is 13.2 Å². The van der Waals surface area contributed by atoms with Crippen LogP contribution in [-0.4, -0.2) is 37.0 Å². The van der Waals surface area contributed by atoms with E-state index in [9.17, 15) is 12.8 Å². The van der Waals surface area contributed by atoms with Gasteiger partial charge in [0.15, 0.2) is 0 Å². The largest absolute Gasteiger partial charge is 0.384 e. The van der Waals surface area contributed by atoms with Gasteiger partial charge in [0.1, 0.15) is 12.4 Å². The van der Waals surface area contributed by atoms with Crippen LogP contribution in [0.1, 0.15) is 24.8 Å². The van der Waals surface area contributed by atoms with E-state index in [1.165, 1.54) is 16.4 Å². The van der Waals surface area contributed by atoms with Gasteiger partial charge in [-0.15, -0.1) is 0 Å². The van der Waals surface area contributed by atoms with Crippen LogP contribution in [0.15, 0.2) is 23.1 Å². The molecule has 1 aliphatic heterocycles. The van der Waals surface area contributed by atoms with Crippen molar-refractivity contribution in [2.24, 2.45) is 5.92 Å². The minimum absolute atomic E-state index is 0.0258. The van der Waals surface area contributed by atoms with Crippen molar-refractivity contribution in [3.63, 3.8) is 0 Å². The maximum Gasteiger partial charge on any atom is 0.243 e. The minimum atomic E-state index is -3.63. The van der Waals surface area contributed by atoms with Gasteiger partial charge in [-0.05, 0) is 43.4 Å². The fraction of sp³-hybridized carbons (Fsp3) is 0.467. The van der Waals surface area contributed by atoms with Gasteiger partial charge in [0.05, 0.1) is 10.5 Å². The lowest BCUT2D eigenvalue weighted by Gasteiger charge is -2.26. The minimum Gasteiger partial charge on any atom is -0.384 e. The second-order valence-corrected chi connectivity index (χ2v) is 7.40. The highest BCUT2D eigenvalue weighted by Crippen LogP contribution is 2.40. The molecule has 1 N–H and O–H groups in total. The molecule has 3 rings (SSSR count). The number of sulfonamides is 1. The van der Waals surface area contributed by atoms with Crippen molar-refractivity contribution in [1.82, 2.24) is 4.31 Å². The van der Waals surface area contributed by atoms with Crippen LogP contribution in [0, 0.1) is 23.6 Å². The second-order valence-electron chi connectivity index (χ2n) is 5.51.